The molecule has 0 bridgehead atoms. The van der Waals surface area contributed by atoms with Crippen molar-refractivity contribution in [3.8, 4) is 17.2 Å². The number of carbonyl (C=O) groups is 2. The van der Waals surface area contributed by atoms with E-state index in [0.29, 0.717) is 5.89 Å². The summed E-state index contributed by atoms with van der Waals surface area (Å²) in [6.07, 6.45) is 0. The number of thioether (sulfide) groups is 1. The first-order valence-corrected chi connectivity index (χ1v) is 7.12. The van der Waals surface area contributed by atoms with E-state index in [1.54, 1.807) is 38.3 Å². The molecule has 0 saturated heterocycles. The summed E-state index contributed by atoms with van der Waals surface area (Å²) in [5.41, 5.74) is 5.62. The van der Waals surface area contributed by atoms with Gasteiger partial charge in [-0.2, -0.15) is 0 Å². The number of hydrogen-bond acceptors (Lipinski definition) is 7. The van der Waals surface area contributed by atoms with Crippen LogP contribution in [0.4, 0.5) is 4.79 Å². The van der Waals surface area contributed by atoms with Crippen molar-refractivity contribution >= 4 is 23.7 Å². The highest BCUT2D eigenvalue weighted by Crippen LogP contribution is 2.27. The largest absolute Gasteiger partial charge is 0.497 e. The van der Waals surface area contributed by atoms with Crippen LogP contribution in [0.3, 0.4) is 0 Å². The minimum atomic E-state index is -0.901. The number of nitrogens with zero attached hydrogens (tertiary/aromatic N) is 2. The van der Waals surface area contributed by atoms with Gasteiger partial charge >= 0.3 is 6.03 Å². The van der Waals surface area contributed by atoms with E-state index < -0.39 is 17.2 Å². The highest BCUT2D eigenvalue weighted by molar-refractivity contribution is 8.00. The van der Waals surface area contributed by atoms with Gasteiger partial charge in [0, 0.05) is 5.56 Å². The zero-order valence-corrected chi connectivity index (χ0v) is 12.7. The number of rotatable bonds is 5. The molecule has 8 nitrogen and oxygen atoms in total. The Morgan fingerprint density at radius 3 is 2.59 bits per heavy atom. The van der Waals surface area contributed by atoms with E-state index in [-0.39, 0.29) is 5.22 Å². The minimum absolute atomic E-state index is 0.220. The van der Waals surface area contributed by atoms with E-state index in [4.69, 9.17) is 14.9 Å². The van der Waals surface area contributed by atoms with Crippen LogP contribution in [0.5, 0.6) is 5.75 Å². The number of nitrogens with two attached hydrogens (primary N) is 1. The molecular weight excluding hydrogens is 308 g/mol. The van der Waals surface area contributed by atoms with Crippen molar-refractivity contribution in [2.75, 3.05) is 7.11 Å². The van der Waals surface area contributed by atoms with Crippen molar-refractivity contribution in [2.24, 2.45) is 5.73 Å². The summed E-state index contributed by atoms with van der Waals surface area (Å²) in [6.45, 7) is 1.60. The van der Waals surface area contributed by atoms with Gasteiger partial charge in [-0.1, -0.05) is 11.8 Å². The molecule has 3 amide bonds. The third-order valence-electron chi connectivity index (χ3n) is 2.64. The maximum Gasteiger partial charge on any atom is 0.318 e. The Morgan fingerprint density at radius 1 is 1.32 bits per heavy atom. The number of aromatic nitrogens is 2. The summed E-state index contributed by atoms with van der Waals surface area (Å²) in [5, 5.41) is 9.38. The van der Waals surface area contributed by atoms with Crippen LogP contribution >= 0.6 is 11.8 Å². The summed E-state index contributed by atoms with van der Waals surface area (Å²) in [5.74, 6) is 0.518. The van der Waals surface area contributed by atoms with E-state index in [1.165, 1.54) is 0 Å². The van der Waals surface area contributed by atoms with Crippen molar-refractivity contribution in [2.45, 2.75) is 17.4 Å². The summed E-state index contributed by atoms with van der Waals surface area (Å²) in [4.78, 5) is 22.2. The predicted molar refractivity (Wildman–Crippen MR) is 79.3 cm³/mol. The van der Waals surface area contributed by atoms with E-state index in [1.807, 2.05) is 5.32 Å². The van der Waals surface area contributed by atoms with Crippen LogP contribution in [0.1, 0.15) is 6.92 Å². The molecule has 1 aromatic carbocycles. The lowest BCUT2D eigenvalue weighted by molar-refractivity contribution is -0.119. The van der Waals surface area contributed by atoms with E-state index in [9.17, 15) is 9.59 Å². The molecule has 1 aromatic heterocycles. The molecule has 0 aliphatic rings. The molecular formula is C13H14N4O4S. The Morgan fingerprint density at radius 2 is 2.00 bits per heavy atom. The number of methoxy groups -OCH3 is 1. The number of ether oxygens (including phenoxy) is 1. The summed E-state index contributed by atoms with van der Waals surface area (Å²) >= 11 is 1.03. The molecule has 2 aromatic rings. The van der Waals surface area contributed by atoms with Crippen LogP contribution in [0, 0.1) is 0 Å². The number of nitrogens with one attached hydrogen (secondary N) is 1. The maximum absolute atomic E-state index is 11.6. The first-order chi connectivity index (χ1) is 10.5. The molecule has 0 spiro atoms. The smallest absolute Gasteiger partial charge is 0.318 e. The third-order valence-corrected chi connectivity index (χ3v) is 3.57. The van der Waals surface area contributed by atoms with Gasteiger partial charge in [-0.15, -0.1) is 10.2 Å². The Bertz CT molecular complexity index is 671. The number of amides is 3. The lowest BCUT2D eigenvalue weighted by atomic mass is 10.2. The topological polar surface area (TPSA) is 120 Å². The maximum atomic E-state index is 11.6. The van der Waals surface area contributed by atoms with Crippen molar-refractivity contribution in [1.29, 1.82) is 0 Å². The quantitative estimate of drug-likeness (QED) is 0.798. The van der Waals surface area contributed by atoms with Crippen molar-refractivity contribution in [1.82, 2.24) is 15.5 Å². The van der Waals surface area contributed by atoms with E-state index >= 15 is 0 Å². The van der Waals surface area contributed by atoms with Gasteiger partial charge in [0.2, 0.25) is 11.8 Å². The number of urea groups is 1. The van der Waals surface area contributed by atoms with Gasteiger partial charge in [-0.05, 0) is 31.2 Å². The van der Waals surface area contributed by atoms with Crippen molar-refractivity contribution in [3.05, 3.63) is 24.3 Å². The Kier molecular flexibility index (Phi) is 4.99. The van der Waals surface area contributed by atoms with Crippen molar-refractivity contribution < 1.29 is 18.7 Å². The molecule has 0 fully saturated rings. The van der Waals surface area contributed by atoms with Gasteiger partial charge in [0.1, 0.15) is 5.75 Å². The van der Waals surface area contributed by atoms with Crippen LogP contribution in [-0.4, -0.2) is 34.5 Å². The molecule has 1 heterocycles. The standard InChI is InChI=1S/C13H14N4O4S/c1-7(10(18)15-12(14)19)22-13-17-16-11(21-13)8-3-5-9(20-2)6-4-8/h3-7H,1-2H3,(H3,14,15,18,19)/t7-/m0/s1. The Hall–Kier alpha value is -2.55. The van der Waals surface area contributed by atoms with Gasteiger partial charge in [-0.3, -0.25) is 10.1 Å². The fraction of sp³-hybridized carbons (Fsp3) is 0.231. The van der Waals surface area contributed by atoms with Gasteiger partial charge in [-0.25, -0.2) is 4.79 Å². The number of benzene rings is 1. The minimum Gasteiger partial charge on any atom is -0.497 e. The average Bonchev–Trinajstić information content (AvgIpc) is 2.95. The highest BCUT2D eigenvalue weighted by Gasteiger charge is 2.19. The van der Waals surface area contributed by atoms with Crippen molar-refractivity contribution in [3.63, 3.8) is 0 Å². The van der Waals surface area contributed by atoms with Crippen LogP contribution in [0.15, 0.2) is 33.9 Å². The zero-order chi connectivity index (χ0) is 16.1. The Labute approximate surface area is 130 Å². The third kappa shape index (κ3) is 3.98. The zero-order valence-electron chi connectivity index (χ0n) is 11.9. The molecule has 1 atom stereocenters. The second-order valence-corrected chi connectivity index (χ2v) is 5.51. The monoisotopic (exact) mass is 322 g/mol. The van der Waals surface area contributed by atoms with Crippen LogP contribution in [0.2, 0.25) is 0 Å². The van der Waals surface area contributed by atoms with Crippen LogP contribution < -0.4 is 15.8 Å². The summed E-state index contributed by atoms with van der Waals surface area (Å²) < 4.78 is 10.5. The fourth-order valence-electron chi connectivity index (χ4n) is 1.54. The molecule has 0 unspecified atom stereocenters. The molecule has 0 saturated carbocycles. The van der Waals surface area contributed by atoms with Crippen LogP contribution in [0.25, 0.3) is 11.5 Å². The second-order valence-electron chi connectivity index (χ2n) is 4.22. The van der Waals surface area contributed by atoms with Gasteiger partial charge in [0.15, 0.2) is 0 Å². The van der Waals surface area contributed by atoms with Gasteiger partial charge in [0.25, 0.3) is 5.22 Å². The molecule has 3 N–H and O–H groups in total. The molecule has 9 heteroatoms. The molecule has 0 aliphatic heterocycles. The molecule has 116 valence electrons. The fourth-order valence-corrected chi connectivity index (χ4v) is 2.22. The number of imide groups is 1. The predicted octanol–water partition coefficient (Wildman–Crippen LogP) is 1.42. The molecule has 22 heavy (non-hydrogen) atoms. The van der Waals surface area contributed by atoms with E-state index in [0.717, 1.165) is 23.1 Å². The first-order valence-electron chi connectivity index (χ1n) is 6.24. The number of hydrogen-bond donors (Lipinski definition) is 2. The summed E-state index contributed by atoms with van der Waals surface area (Å²) in [6, 6.07) is 6.21. The molecule has 2 rings (SSSR count). The lowest BCUT2D eigenvalue weighted by Crippen LogP contribution is -2.39. The van der Waals surface area contributed by atoms with Crippen LogP contribution in [-0.2, 0) is 4.79 Å². The highest BCUT2D eigenvalue weighted by atomic mass is 32.2. The number of carbonyl (C=O) groups excluding carboxylic acids is 2. The molecule has 0 radical (unpaired) electrons. The average molecular weight is 322 g/mol. The molecule has 0 aliphatic carbocycles. The second kappa shape index (κ2) is 6.94. The summed E-state index contributed by atoms with van der Waals surface area (Å²) in [7, 11) is 1.58. The van der Waals surface area contributed by atoms with Gasteiger partial charge < -0.3 is 14.9 Å². The first kappa shape index (κ1) is 15.8. The lowest BCUT2D eigenvalue weighted by Gasteiger charge is -2.06. The van der Waals surface area contributed by atoms with E-state index in [2.05, 4.69) is 10.2 Å². The number of primary amides is 1. The Balaban J connectivity index is 2.04. The SMILES string of the molecule is COc1ccc(-c2nnc(S[C@@H](C)C(=O)NC(N)=O)o2)cc1. The van der Waals surface area contributed by atoms with Gasteiger partial charge in [0.05, 0.1) is 12.4 Å². The normalized spacial score (nSPS) is 11.7.